The lowest BCUT2D eigenvalue weighted by Gasteiger charge is -2.08. The number of halogens is 4. The average molecular weight is 369 g/mol. The van der Waals surface area contributed by atoms with Crippen LogP contribution < -0.4 is 11.1 Å². The fourth-order valence-electron chi connectivity index (χ4n) is 0.899. The van der Waals surface area contributed by atoms with Crippen LogP contribution in [0.15, 0.2) is 4.99 Å². The second kappa shape index (κ2) is 10.9. The normalized spacial score (nSPS) is 12.1. The van der Waals surface area contributed by atoms with Crippen LogP contribution in [0.4, 0.5) is 13.2 Å². The second-order valence-electron chi connectivity index (χ2n) is 3.11. The zero-order valence-electron chi connectivity index (χ0n) is 9.72. The van der Waals surface area contributed by atoms with E-state index in [2.05, 4.69) is 10.3 Å². The van der Waals surface area contributed by atoms with Crippen LogP contribution in [0.1, 0.15) is 19.8 Å². The third-order valence-corrected chi connectivity index (χ3v) is 1.65. The van der Waals surface area contributed by atoms with Gasteiger partial charge in [0.25, 0.3) is 0 Å². The van der Waals surface area contributed by atoms with E-state index in [-0.39, 0.29) is 36.5 Å². The van der Waals surface area contributed by atoms with Crippen molar-refractivity contribution >= 4 is 29.9 Å². The van der Waals surface area contributed by atoms with Gasteiger partial charge in [0.2, 0.25) is 0 Å². The van der Waals surface area contributed by atoms with Crippen LogP contribution >= 0.6 is 24.0 Å². The molecule has 0 bridgehead atoms. The molecule has 0 aromatic rings. The van der Waals surface area contributed by atoms with Crippen molar-refractivity contribution < 1.29 is 17.9 Å². The highest BCUT2D eigenvalue weighted by molar-refractivity contribution is 14.0. The summed E-state index contributed by atoms with van der Waals surface area (Å²) >= 11 is 0. The van der Waals surface area contributed by atoms with Gasteiger partial charge in [-0.2, -0.15) is 13.2 Å². The minimum atomic E-state index is -4.16. The van der Waals surface area contributed by atoms with Gasteiger partial charge in [0.1, 0.15) is 0 Å². The molecule has 8 heteroatoms. The number of aliphatic imine (C=N–C) groups is 1. The Labute approximate surface area is 116 Å². The van der Waals surface area contributed by atoms with Crippen molar-refractivity contribution in [2.75, 3.05) is 26.3 Å². The van der Waals surface area contributed by atoms with Crippen molar-refractivity contribution in [3.63, 3.8) is 0 Å². The third-order valence-electron chi connectivity index (χ3n) is 1.65. The van der Waals surface area contributed by atoms with Gasteiger partial charge in [0.15, 0.2) is 5.96 Å². The number of alkyl halides is 3. The lowest BCUT2D eigenvalue weighted by atomic mass is 10.4. The summed E-state index contributed by atoms with van der Waals surface area (Å²) in [6.45, 7) is 3.31. The smallest absolute Gasteiger partial charge is 0.382 e. The molecule has 17 heavy (non-hydrogen) atoms. The van der Waals surface area contributed by atoms with Crippen LogP contribution in [-0.4, -0.2) is 38.4 Å². The molecular formula is C9H19F3IN3O. The highest BCUT2D eigenvalue weighted by atomic mass is 127. The predicted octanol–water partition coefficient (Wildman–Crippen LogP) is 1.89. The summed E-state index contributed by atoms with van der Waals surface area (Å²) in [5.74, 6) is 0.0424. The Hall–Kier alpha value is -0.250. The molecule has 0 aliphatic carbocycles. The van der Waals surface area contributed by atoms with Gasteiger partial charge >= 0.3 is 6.18 Å². The first-order valence-electron chi connectivity index (χ1n) is 5.14. The Morgan fingerprint density at radius 2 is 2.06 bits per heavy atom. The van der Waals surface area contributed by atoms with E-state index in [0.29, 0.717) is 26.2 Å². The first-order valence-corrected chi connectivity index (χ1v) is 5.14. The summed E-state index contributed by atoms with van der Waals surface area (Å²) < 4.78 is 40.3. The van der Waals surface area contributed by atoms with Gasteiger partial charge in [-0.15, -0.1) is 24.0 Å². The summed E-state index contributed by atoms with van der Waals surface area (Å²) in [5, 5.41) is 2.40. The number of nitrogens with one attached hydrogen (secondary N) is 1. The number of rotatable bonds is 7. The second-order valence-corrected chi connectivity index (χ2v) is 3.11. The maximum absolute atomic E-state index is 11.8. The molecule has 0 amide bonds. The fraction of sp³-hybridized carbons (Fsp3) is 0.889. The molecule has 104 valence electrons. The van der Waals surface area contributed by atoms with Crippen molar-refractivity contribution in [3.05, 3.63) is 0 Å². The fourth-order valence-corrected chi connectivity index (χ4v) is 0.899. The molecule has 0 rings (SSSR count). The minimum absolute atomic E-state index is 0. The van der Waals surface area contributed by atoms with Crippen molar-refractivity contribution in [3.8, 4) is 0 Å². The Kier molecular flexibility index (Phi) is 12.2. The standard InChI is InChI=1S/C9H18F3N3O.HI/c1-2-16-7-3-5-14-8(13)15-6-4-9(10,11)12;/h2-7H2,1H3,(H3,13,14,15);1H. The van der Waals surface area contributed by atoms with Gasteiger partial charge in [-0.3, -0.25) is 4.99 Å². The highest BCUT2D eigenvalue weighted by Gasteiger charge is 2.26. The minimum Gasteiger partial charge on any atom is -0.382 e. The molecular weight excluding hydrogens is 350 g/mol. The van der Waals surface area contributed by atoms with Crippen LogP contribution in [0.25, 0.3) is 0 Å². The summed E-state index contributed by atoms with van der Waals surface area (Å²) in [7, 11) is 0. The molecule has 0 spiro atoms. The molecule has 4 nitrogen and oxygen atoms in total. The zero-order chi connectivity index (χ0) is 12.4. The zero-order valence-corrected chi connectivity index (χ0v) is 12.0. The van der Waals surface area contributed by atoms with Gasteiger partial charge in [-0.05, 0) is 13.3 Å². The van der Waals surface area contributed by atoms with Gasteiger partial charge < -0.3 is 15.8 Å². The Balaban J connectivity index is 0. The molecule has 3 N–H and O–H groups in total. The molecule has 0 unspecified atom stereocenters. The van der Waals surface area contributed by atoms with E-state index in [1.165, 1.54) is 0 Å². The number of ether oxygens (including phenoxy) is 1. The number of hydrogen-bond acceptors (Lipinski definition) is 2. The van der Waals surface area contributed by atoms with E-state index in [1.54, 1.807) is 0 Å². The molecule has 0 fully saturated rings. The monoisotopic (exact) mass is 369 g/mol. The largest absolute Gasteiger partial charge is 0.390 e. The Bertz CT molecular complexity index is 212. The van der Waals surface area contributed by atoms with E-state index < -0.39 is 12.6 Å². The molecule has 0 aliphatic rings. The van der Waals surface area contributed by atoms with E-state index in [4.69, 9.17) is 10.5 Å². The molecule has 0 aliphatic heterocycles. The van der Waals surface area contributed by atoms with E-state index in [0.717, 1.165) is 0 Å². The molecule has 0 aromatic carbocycles. The van der Waals surface area contributed by atoms with Crippen LogP contribution in [0.5, 0.6) is 0 Å². The first kappa shape index (κ1) is 19.1. The summed E-state index contributed by atoms with van der Waals surface area (Å²) in [4.78, 5) is 3.85. The topological polar surface area (TPSA) is 59.6 Å². The molecule has 0 atom stereocenters. The highest BCUT2D eigenvalue weighted by Crippen LogP contribution is 2.17. The van der Waals surface area contributed by atoms with E-state index in [1.807, 2.05) is 6.92 Å². The number of nitrogens with two attached hydrogens (primary N) is 1. The maximum Gasteiger partial charge on any atom is 0.390 e. The lowest BCUT2D eigenvalue weighted by Crippen LogP contribution is -2.34. The van der Waals surface area contributed by atoms with Gasteiger partial charge in [0.05, 0.1) is 6.42 Å². The summed E-state index contributed by atoms with van der Waals surface area (Å²) in [6.07, 6.45) is -4.38. The van der Waals surface area contributed by atoms with Gasteiger partial charge in [-0.25, -0.2) is 0 Å². The first-order chi connectivity index (χ1) is 7.45. The van der Waals surface area contributed by atoms with E-state index >= 15 is 0 Å². The maximum atomic E-state index is 11.8. The van der Waals surface area contributed by atoms with Crippen molar-refractivity contribution in [1.29, 1.82) is 0 Å². The van der Waals surface area contributed by atoms with Crippen LogP contribution in [0, 0.1) is 0 Å². The number of guanidine groups is 1. The molecule has 0 aromatic heterocycles. The Morgan fingerprint density at radius 3 is 2.59 bits per heavy atom. The van der Waals surface area contributed by atoms with Crippen LogP contribution in [0.3, 0.4) is 0 Å². The summed E-state index contributed by atoms with van der Waals surface area (Å²) in [6, 6.07) is 0. The number of nitrogens with zero attached hydrogens (tertiary/aromatic N) is 1. The molecule has 0 radical (unpaired) electrons. The van der Waals surface area contributed by atoms with Gasteiger partial charge in [-0.1, -0.05) is 0 Å². The van der Waals surface area contributed by atoms with Crippen molar-refractivity contribution in [2.45, 2.75) is 25.9 Å². The lowest BCUT2D eigenvalue weighted by molar-refractivity contribution is -0.132. The SMILES string of the molecule is CCOCCCN=C(N)NCCC(F)(F)F.I. The summed E-state index contributed by atoms with van der Waals surface area (Å²) in [5.41, 5.74) is 5.35. The van der Waals surface area contributed by atoms with Crippen LogP contribution in [-0.2, 0) is 4.74 Å². The predicted molar refractivity (Wildman–Crippen MR) is 71.7 cm³/mol. The molecule has 0 saturated heterocycles. The van der Waals surface area contributed by atoms with Crippen LogP contribution in [0.2, 0.25) is 0 Å². The molecule has 0 saturated carbocycles. The molecule has 0 heterocycles. The quantitative estimate of drug-likeness (QED) is 0.312. The Morgan fingerprint density at radius 1 is 1.41 bits per heavy atom. The number of hydrogen-bond donors (Lipinski definition) is 2. The van der Waals surface area contributed by atoms with Gasteiger partial charge in [0, 0.05) is 26.3 Å². The van der Waals surface area contributed by atoms with Crippen molar-refractivity contribution in [1.82, 2.24) is 5.32 Å². The third kappa shape index (κ3) is 15.8. The van der Waals surface area contributed by atoms with E-state index in [9.17, 15) is 13.2 Å². The van der Waals surface area contributed by atoms with Crippen molar-refractivity contribution in [2.24, 2.45) is 10.7 Å². The average Bonchev–Trinajstić information content (AvgIpc) is 2.15.